The Labute approximate surface area is 109 Å². The summed E-state index contributed by atoms with van der Waals surface area (Å²) in [5.41, 5.74) is 1.56. The minimum absolute atomic E-state index is 0.110. The molecule has 2 nitrogen and oxygen atoms in total. The van der Waals surface area contributed by atoms with Gasteiger partial charge in [0.05, 0.1) is 6.61 Å². The average molecular weight is 251 g/mol. The number of ether oxygens (including phenoxy) is 1. The summed E-state index contributed by atoms with van der Waals surface area (Å²) in [6, 6.07) is 3.53. The molecule has 1 aliphatic rings. The number of nitrogens with one attached hydrogen (secondary N) is 1. The molecule has 1 aromatic carbocycles. The maximum atomic E-state index is 13.7. The van der Waals surface area contributed by atoms with Crippen LogP contribution in [-0.4, -0.2) is 13.2 Å². The van der Waals surface area contributed by atoms with Crippen LogP contribution in [0.3, 0.4) is 0 Å². The third-order valence-electron chi connectivity index (χ3n) is 3.44. The van der Waals surface area contributed by atoms with E-state index in [1.54, 1.807) is 13.0 Å². The van der Waals surface area contributed by atoms with Crippen molar-refractivity contribution in [1.82, 2.24) is 5.32 Å². The zero-order chi connectivity index (χ0) is 13.1. The molecule has 0 spiro atoms. The van der Waals surface area contributed by atoms with Crippen molar-refractivity contribution in [1.29, 1.82) is 0 Å². The lowest BCUT2D eigenvalue weighted by Gasteiger charge is -2.18. The highest BCUT2D eigenvalue weighted by atomic mass is 19.1. The Morgan fingerprint density at radius 3 is 2.78 bits per heavy atom. The molecule has 2 rings (SSSR count). The van der Waals surface area contributed by atoms with E-state index in [1.807, 2.05) is 19.9 Å². The largest absolute Gasteiger partial charge is 0.493 e. The maximum Gasteiger partial charge on any atom is 0.126 e. The first kappa shape index (κ1) is 13.3. The summed E-state index contributed by atoms with van der Waals surface area (Å²) in [7, 11) is 0. The summed E-state index contributed by atoms with van der Waals surface area (Å²) in [6.07, 6.45) is 2.52. The molecule has 1 N–H and O–H groups in total. The van der Waals surface area contributed by atoms with Gasteiger partial charge in [-0.05, 0) is 56.8 Å². The van der Waals surface area contributed by atoms with Crippen LogP contribution in [0.5, 0.6) is 5.75 Å². The molecular formula is C15H22FNO. The Morgan fingerprint density at radius 1 is 1.44 bits per heavy atom. The monoisotopic (exact) mass is 251 g/mol. The summed E-state index contributed by atoms with van der Waals surface area (Å²) in [5, 5.41) is 3.31. The Balaban J connectivity index is 2.19. The summed E-state index contributed by atoms with van der Waals surface area (Å²) in [5.74, 6) is 1.38. The molecule has 3 heteroatoms. The van der Waals surface area contributed by atoms with E-state index in [9.17, 15) is 4.39 Å². The van der Waals surface area contributed by atoms with Crippen molar-refractivity contribution < 1.29 is 9.13 Å². The second-order valence-electron chi connectivity index (χ2n) is 5.17. The van der Waals surface area contributed by atoms with Crippen molar-refractivity contribution >= 4 is 0 Å². The van der Waals surface area contributed by atoms with Crippen molar-refractivity contribution in [3.8, 4) is 5.75 Å². The lowest BCUT2D eigenvalue weighted by Crippen LogP contribution is -2.19. The lowest BCUT2D eigenvalue weighted by molar-refractivity contribution is 0.293. The van der Waals surface area contributed by atoms with Gasteiger partial charge in [-0.15, -0.1) is 0 Å². The molecule has 1 saturated carbocycles. The van der Waals surface area contributed by atoms with Gasteiger partial charge in [-0.2, -0.15) is 0 Å². The van der Waals surface area contributed by atoms with E-state index in [4.69, 9.17) is 4.74 Å². The van der Waals surface area contributed by atoms with E-state index in [-0.39, 0.29) is 11.9 Å². The molecule has 1 fully saturated rings. The Hall–Kier alpha value is -1.09. The number of hydrogen-bond donors (Lipinski definition) is 1. The molecule has 0 radical (unpaired) electrons. The van der Waals surface area contributed by atoms with Crippen molar-refractivity contribution in [3.05, 3.63) is 29.1 Å². The molecule has 1 aliphatic carbocycles. The Bertz CT molecular complexity index is 415. The van der Waals surface area contributed by atoms with Crippen LogP contribution in [-0.2, 0) is 0 Å². The fraction of sp³-hybridized carbons (Fsp3) is 0.600. The second-order valence-corrected chi connectivity index (χ2v) is 5.17. The molecular weight excluding hydrogens is 229 g/mol. The molecule has 0 bridgehead atoms. The van der Waals surface area contributed by atoms with Crippen molar-refractivity contribution in [2.24, 2.45) is 5.92 Å². The van der Waals surface area contributed by atoms with Gasteiger partial charge in [0, 0.05) is 11.6 Å². The average Bonchev–Trinajstić information content (AvgIpc) is 3.14. The lowest BCUT2D eigenvalue weighted by atomic mass is 10.0. The van der Waals surface area contributed by atoms with Crippen LogP contribution in [0.1, 0.15) is 43.9 Å². The second kappa shape index (κ2) is 5.70. The predicted octanol–water partition coefficient (Wildman–Crippen LogP) is 3.59. The van der Waals surface area contributed by atoms with E-state index >= 15 is 0 Å². The molecule has 0 aromatic heterocycles. The topological polar surface area (TPSA) is 21.3 Å². The van der Waals surface area contributed by atoms with E-state index in [0.717, 1.165) is 24.5 Å². The molecule has 0 amide bonds. The fourth-order valence-electron chi connectivity index (χ4n) is 2.04. The first-order chi connectivity index (χ1) is 8.61. The van der Waals surface area contributed by atoms with E-state index in [0.29, 0.717) is 11.5 Å². The van der Waals surface area contributed by atoms with Crippen LogP contribution in [0, 0.1) is 18.7 Å². The number of hydrogen-bond acceptors (Lipinski definition) is 2. The van der Waals surface area contributed by atoms with Gasteiger partial charge < -0.3 is 10.1 Å². The van der Waals surface area contributed by atoms with Gasteiger partial charge in [-0.3, -0.25) is 0 Å². The Kier molecular flexibility index (Phi) is 4.23. The number of rotatable bonds is 6. The third-order valence-corrected chi connectivity index (χ3v) is 3.44. The quantitative estimate of drug-likeness (QED) is 0.834. The minimum atomic E-state index is -0.159. The smallest absolute Gasteiger partial charge is 0.126 e. The first-order valence-corrected chi connectivity index (χ1v) is 6.78. The first-order valence-electron chi connectivity index (χ1n) is 6.78. The summed E-state index contributed by atoms with van der Waals surface area (Å²) in [4.78, 5) is 0. The molecule has 1 aromatic rings. The van der Waals surface area contributed by atoms with Crippen molar-refractivity contribution in [2.75, 3.05) is 13.2 Å². The predicted molar refractivity (Wildman–Crippen MR) is 71.4 cm³/mol. The van der Waals surface area contributed by atoms with Crippen LogP contribution in [0.4, 0.5) is 4.39 Å². The van der Waals surface area contributed by atoms with Crippen molar-refractivity contribution in [3.63, 3.8) is 0 Å². The zero-order valence-corrected chi connectivity index (χ0v) is 11.4. The number of benzene rings is 1. The molecule has 0 heterocycles. The summed E-state index contributed by atoms with van der Waals surface area (Å²) in [6.45, 7) is 7.49. The molecule has 100 valence electrons. The number of aryl methyl sites for hydroxylation is 1. The van der Waals surface area contributed by atoms with Gasteiger partial charge in [0.25, 0.3) is 0 Å². The summed E-state index contributed by atoms with van der Waals surface area (Å²) >= 11 is 0. The highest BCUT2D eigenvalue weighted by Gasteiger charge is 2.23. The van der Waals surface area contributed by atoms with Gasteiger partial charge in [-0.25, -0.2) is 4.39 Å². The Morgan fingerprint density at radius 2 is 2.17 bits per heavy atom. The van der Waals surface area contributed by atoms with Gasteiger partial charge in [0.2, 0.25) is 0 Å². The molecule has 18 heavy (non-hydrogen) atoms. The number of halogens is 1. The van der Waals surface area contributed by atoms with Crippen LogP contribution >= 0.6 is 0 Å². The zero-order valence-electron chi connectivity index (χ0n) is 11.4. The van der Waals surface area contributed by atoms with Gasteiger partial charge in [0.1, 0.15) is 11.6 Å². The third kappa shape index (κ3) is 3.22. The SMILES string of the molecule is CCNC(C)c1cc(F)c(C)cc1OCC1CC1. The van der Waals surface area contributed by atoms with Gasteiger partial charge in [0.15, 0.2) is 0 Å². The molecule has 0 saturated heterocycles. The van der Waals surface area contributed by atoms with Crippen LogP contribution in [0.25, 0.3) is 0 Å². The van der Waals surface area contributed by atoms with Gasteiger partial charge in [-0.1, -0.05) is 6.92 Å². The van der Waals surface area contributed by atoms with Gasteiger partial charge >= 0.3 is 0 Å². The normalized spacial score (nSPS) is 16.7. The molecule has 0 aliphatic heterocycles. The fourth-order valence-corrected chi connectivity index (χ4v) is 2.04. The maximum absolute atomic E-state index is 13.7. The van der Waals surface area contributed by atoms with E-state index in [2.05, 4.69) is 5.32 Å². The van der Waals surface area contributed by atoms with Crippen molar-refractivity contribution in [2.45, 2.75) is 39.7 Å². The standard InChI is InChI=1S/C15H22FNO/c1-4-17-11(3)13-8-14(16)10(2)7-15(13)18-9-12-5-6-12/h7-8,11-12,17H,4-6,9H2,1-3H3. The van der Waals surface area contributed by atoms with Crippen LogP contribution < -0.4 is 10.1 Å². The van der Waals surface area contributed by atoms with E-state index < -0.39 is 0 Å². The van der Waals surface area contributed by atoms with E-state index in [1.165, 1.54) is 12.8 Å². The summed E-state index contributed by atoms with van der Waals surface area (Å²) < 4.78 is 19.5. The molecule has 1 atom stereocenters. The van der Waals surface area contributed by atoms with Crippen LogP contribution in [0.15, 0.2) is 12.1 Å². The highest BCUT2D eigenvalue weighted by Crippen LogP contribution is 2.33. The minimum Gasteiger partial charge on any atom is -0.493 e. The highest BCUT2D eigenvalue weighted by molar-refractivity contribution is 5.40. The van der Waals surface area contributed by atoms with Crippen LogP contribution in [0.2, 0.25) is 0 Å². The molecule has 1 unspecified atom stereocenters.